The lowest BCUT2D eigenvalue weighted by molar-refractivity contribution is 0.122. The molecule has 4 heterocycles. The maximum Gasteiger partial charge on any atom is 0.230 e. The number of pyridine rings is 1. The number of halogens is 1. The minimum Gasteiger partial charge on any atom is -0.378 e. The first kappa shape index (κ1) is 17.6. The van der Waals surface area contributed by atoms with Gasteiger partial charge in [-0.1, -0.05) is 12.8 Å². The van der Waals surface area contributed by atoms with Gasteiger partial charge in [0.25, 0.3) is 0 Å². The molecule has 0 radical (unpaired) electrons. The van der Waals surface area contributed by atoms with E-state index in [0.29, 0.717) is 19.0 Å². The van der Waals surface area contributed by atoms with Crippen molar-refractivity contribution in [2.45, 2.75) is 25.7 Å². The van der Waals surface area contributed by atoms with Crippen LogP contribution in [0.3, 0.4) is 0 Å². The predicted octanol–water partition coefficient (Wildman–Crippen LogP) is 2.91. The third kappa shape index (κ3) is 3.96. The molecule has 0 aliphatic carbocycles. The second kappa shape index (κ2) is 8.26. The van der Waals surface area contributed by atoms with Crippen molar-refractivity contribution in [3.8, 4) is 11.4 Å². The molecular formula is C18H23BrN6O. The topological polar surface area (TPSA) is 67.3 Å². The SMILES string of the molecule is Brc1ncccc1-c1nc(N2CCCCCC2)nc(N2CCOCC2)n1. The molecule has 0 atom stereocenters. The molecule has 2 aliphatic heterocycles. The molecule has 0 bridgehead atoms. The van der Waals surface area contributed by atoms with Crippen LogP contribution in [0.1, 0.15) is 25.7 Å². The number of hydrogen-bond acceptors (Lipinski definition) is 7. The number of morpholine rings is 1. The van der Waals surface area contributed by atoms with E-state index < -0.39 is 0 Å². The lowest BCUT2D eigenvalue weighted by Crippen LogP contribution is -2.38. The average Bonchev–Trinajstić information content (AvgIpc) is 2.98. The highest BCUT2D eigenvalue weighted by molar-refractivity contribution is 9.10. The van der Waals surface area contributed by atoms with Gasteiger partial charge in [-0.15, -0.1) is 0 Å². The van der Waals surface area contributed by atoms with Crippen molar-refractivity contribution in [1.29, 1.82) is 0 Å². The van der Waals surface area contributed by atoms with E-state index in [2.05, 4.69) is 30.7 Å². The Morgan fingerprint density at radius 1 is 0.846 bits per heavy atom. The summed E-state index contributed by atoms with van der Waals surface area (Å²) in [7, 11) is 0. The van der Waals surface area contributed by atoms with Crippen LogP contribution < -0.4 is 9.80 Å². The van der Waals surface area contributed by atoms with E-state index in [1.54, 1.807) is 6.20 Å². The predicted molar refractivity (Wildman–Crippen MR) is 104 cm³/mol. The second-order valence-corrected chi connectivity index (χ2v) is 7.35. The molecule has 26 heavy (non-hydrogen) atoms. The molecule has 0 spiro atoms. The summed E-state index contributed by atoms with van der Waals surface area (Å²) in [5.41, 5.74) is 0.889. The fourth-order valence-electron chi connectivity index (χ4n) is 3.34. The Bertz CT molecular complexity index is 744. The van der Waals surface area contributed by atoms with Gasteiger partial charge in [0, 0.05) is 32.4 Å². The third-order valence-corrected chi connectivity index (χ3v) is 5.43. The normalized spacial score (nSPS) is 18.7. The molecule has 2 fully saturated rings. The van der Waals surface area contributed by atoms with E-state index in [4.69, 9.17) is 19.7 Å². The van der Waals surface area contributed by atoms with Crippen molar-refractivity contribution >= 4 is 27.8 Å². The third-order valence-electron chi connectivity index (χ3n) is 4.79. The van der Waals surface area contributed by atoms with Crippen molar-refractivity contribution < 1.29 is 4.74 Å². The van der Waals surface area contributed by atoms with E-state index in [9.17, 15) is 0 Å². The number of ether oxygens (including phenoxy) is 1. The Morgan fingerprint density at radius 3 is 2.15 bits per heavy atom. The summed E-state index contributed by atoms with van der Waals surface area (Å²) >= 11 is 3.53. The van der Waals surface area contributed by atoms with Gasteiger partial charge in [0.15, 0.2) is 5.82 Å². The largest absolute Gasteiger partial charge is 0.378 e. The smallest absolute Gasteiger partial charge is 0.230 e. The van der Waals surface area contributed by atoms with Gasteiger partial charge in [-0.05, 0) is 40.9 Å². The number of hydrogen-bond donors (Lipinski definition) is 0. The van der Waals surface area contributed by atoms with E-state index in [-0.39, 0.29) is 0 Å². The van der Waals surface area contributed by atoms with Crippen molar-refractivity contribution in [1.82, 2.24) is 19.9 Å². The summed E-state index contributed by atoms with van der Waals surface area (Å²) in [6.07, 6.45) is 6.68. The minimum absolute atomic E-state index is 0.667. The summed E-state index contributed by atoms with van der Waals surface area (Å²) in [4.78, 5) is 23.2. The average molecular weight is 419 g/mol. The highest BCUT2D eigenvalue weighted by Gasteiger charge is 2.21. The van der Waals surface area contributed by atoms with Crippen molar-refractivity contribution in [3.63, 3.8) is 0 Å². The molecule has 0 aromatic carbocycles. The molecule has 2 aromatic rings. The highest BCUT2D eigenvalue weighted by atomic mass is 79.9. The molecule has 0 saturated carbocycles. The summed E-state index contributed by atoms with van der Waals surface area (Å²) in [6, 6.07) is 3.89. The van der Waals surface area contributed by atoms with Gasteiger partial charge < -0.3 is 14.5 Å². The second-order valence-electron chi connectivity index (χ2n) is 6.60. The highest BCUT2D eigenvalue weighted by Crippen LogP contribution is 2.27. The van der Waals surface area contributed by atoms with Gasteiger partial charge >= 0.3 is 0 Å². The number of anilines is 2. The lowest BCUT2D eigenvalue weighted by Gasteiger charge is -2.28. The molecule has 4 rings (SSSR count). The molecule has 8 heteroatoms. The monoisotopic (exact) mass is 418 g/mol. The first-order valence-corrected chi connectivity index (χ1v) is 10.1. The Kier molecular flexibility index (Phi) is 5.59. The molecule has 138 valence electrons. The van der Waals surface area contributed by atoms with E-state index in [1.807, 2.05) is 12.1 Å². The quantitative estimate of drug-likeness (QED) is 0.709. The van der Waals surface area contributed by atoms with Gasteiger partial charge in [0.05, 0.1) is 18.8 Å². The molecule has 7 nitrogen and oxygen atoms in total. The zero-order chi connectivity index (χ0) is 17.8. The van der Waals surface area contributed by atoms with Crippen LogP contribution >= 0.6 is 15.9 Å². The van der Waals surface area contributed by atoms with Crippen molar-refractivity contribution in [3.05, 3.63) is 22.9 Å². The lowest BCUT2D eigenvalue weighted by atomic mass is 10.2. The van der Waals surface area contributed by atoms with Gasteiger partial charge in [-0.3, -0.25) is 0 Å². The first-order chi connectivity index (χ1) is 12.8. The van der Waals surface area contributed by atoms with Crippen molar-refractivity contribution in [2.24, 2.45) is 0 Å². The summed E-state index contributed by atoms with van der Waals surface area (Å²) in [5, 5.41) is 0. The fraction of sp³-hybridized carbons (Fsp3) is 0.556. The van der Waals surface area contributed by atoms with Crippen LogP contribution in [0.5, 0.6) is 0 Å². The van der Waals surface area contributed by atoms with E-state index >= 15 is 0 Å². The minimum atomic E-state index is 0.667. The summed E-state index contributed by atoms with van der Waals surface area (Å²) in [6.45, 7) is 5.02. The first-order valence-electron chi connectivity index (χ1n) is 9.26. The van der Waals surface area contributed by atoms with Crippen LogP contribution in [-0.2, 0) is 4.74 Å². The van der Waals surface area contributed by atoms with E-state index in [0.717, 1.165) is 48.2 Å². The van der Waals surface area contributed by atoms with Gasteiger partial charge in [-0.25, -0.2) is 4.98 Å². The van der Waals surface area contributed by atoms with Gasteiger partial charge in [0.2, 0.25) is 11.9 Å². The maximum atomic E-state index is 5.48. The molecular weight excluding hydrogens is 396 g/mol. The van der Waals surface area contributed by atoms with Crippen LogP contribution in [-0.4, -0.2) is 59.3 Å². The van der Waals surface area contributed by atoms with Gasteiger partial charge in [0.1, 0.15) is 4.60 Å². The van der Waals surface area contributed by atoms with Crippen LogP contribution in [0.4, 0.5) is 11.9 Å². The van der Waals surface area contributed by atoms with Crippen LogP contribution in [0.25, 0.3) is 11.4 Å². The Hall–Kier alpha value is -1.80. The number of rotatable bonds is 3. The zero-order valence-electron chi connectivity index (χ0n) is 14.8. The summed E-state index contributed by atoms with van der Waals surface area (Å²) < 4.78 is 6.23. The zero-order valence-corrected chi connectivity index (χ0v) is 16.4. The van der Waals surface area contributed by atoms with Crippen molar-refractivity contribution in [2.75, 3.05) is 49.2 Å². The Labute approximate surface area is 162 Å². The molecule has 0 N–H and O–H groups in total. The molecule has 2 saturated heterocycles. The molecule has 2 aromatic heterocycles. The standard InChI is InChI=1S/C18H23BrN6O/c19-15-14(6-5-7-20-15)16-21-17(24-8-3-1-2-4-9-24)23-18(22-16)25-10-12-26-13-11-25/h5-7H,1-4,8-13H2. The maximum absolute atomic E-state index is 5.48. The Morgan fingerprint density at radius 2 is 1.50 bits per heavy atom. The van der Waals surface area contributed by atoms with Crippen LogP contribution in [0, 0.1) is 0 Å². The van der Waals surface area contributed by atoms with Crippen LogP contribution in [0.2, 0.25) is 0 Å². The molecule has 0 amide bonds. The number of aromatic nitrogens is 4. The van der Waals surface area contributed by atoms with Crippen LogP contribution in [0.15, 0.2) is 22.9 Å². The van der Waals surface area contributed by atoms with Gasteiger partial charge in [-0.2, -0.15) is 15.0 Å². The fourth-order valence-corrected chi connectivity index (χ4v) is 3.77. The molecule has 2 aliphatic rings. The van der Waals surface area contributed by atoms with E-state index in [1.165, 1.54) is 25.7 Å². The number of nitrogens with zero attached hydrogens (tertiary/aromatic N) is 6. The summed E-state index contributed by atoms with van der Waals surface area (Å²) in [5.74, 6) is 2.17. The molecule has 0 unspecified atom stereocenters. The Balaban J connectivity index is 1.74.